The fourth-order valence-corrected chi connectivity index (χ4v) is 4.03. The third kappa shape index (κ3) is 4.91. The van der Waals surface area contributed by atoms with Crippen LogP contribution in [-0.4, -0.2) is 40.7 Å². The summed E-state index contributed by atoms with van der Waals surface area (Å²) in [5, 5.41) is 11.6. The van der Waals surface area contributed by atoms with E-state index in [-0.39, 0.29) is 23.7 Å². The normalized spacial score (nSPS) is 18.1. The third-order valence-corrected chi connectivity index (χ3v) is 5.54. The first-order valence-corrected chi connectivity index (χ1v) is 10.3. The van der Waals surface area contributed by atoms with E-state index in [2.05, 4.69) is 15.5 Å². The number of rotatable bonds is 8. The van der Waals surface area contributed by atoms with Crippen LogP contribution in [-0.2, 0) is 11.3 Å². The van der Waals surface area contributed by atoms with E-state index in [4.69, 9.17) is 9.47 Å². The zero-order valence-corrected chi connectivity index (χ0v) is 17.3. The minimum Gasteiger partial charge on any atom is -0.493 e. The second-order valence-electron chi connectivity index (χ2n) is 7.60. The number of halogens is 1. The predicted octanol–water partition coefficient (Wildman–Crippen LogP) is 3.53. The molecular formula is C23H25FN4O3. The van der Waals surface area contributed by atoms with Gasteiger partial charge in [0.25, 0.3) is 5.91 Å². The van der Waals surface area contributed by atoms with Gasteiger partial charge in [0, 0.05) is 19.1 Å². The summed E-state index contributed by atoms with van der Waals surface area (Å²) in [7, 11) is 1.60. The SMILES string of the molecule is COCc1cccc(-n2nccn2)c1C(=O)N[C@H]1CCC[C@@H]1COc1ccc(F)cc1. The highest BCUT2D eigenvalue weighted by molar-refractivity contribution is 5.99. The van der Waals surface area contributed by atoms with Crippen molar-refractivity contribution in [2.75, 3.05) is 13.7 Å². The summed E-state index contributed by atoms with van der Waals surface area (Å²) in [6, 6.07) is 11.5. The van der Waals surface area contributed by atoms with Gasteiger partial charge in [-0.25, -0.2) is 4.39 Å². The van der Waals surface area contributed by atoms with Crippen LogP contribution in [0.15, 0.2) is 54.9 Å². The topological polar surface area (TPSA) is 78.3 Å². The first-order chi connectivity index (χ1) is 15.2. The number of carbonyl (C=O) groups excluding carboxylic acids is 1. The lowest BCUT2D eigenvalue weighted by Gasteiger charge is -2.23. The van der Waals surface area contributed by atoms with Crippen LogP contribution in [0.2, 0.25) is 0 Å². The lowest BCUT2D eigenvalue weighted by molar-refractivity contribution is 0.0913. The van der Waals surface area contributed by atoms with Gasteiger partial charge in [-0.2, -0.15) is 15.0 Å². The third-order valence-electron chi connectivity index (χ3n) is 5.54. The van der Waals surface area contributed by atoms with Crippen LogP contribution in [0.25, 0.3) is 5.69 Å². The number of methoxy groups -OCH3 is 1. The molecule has 0 unspecified atom stereocenters. The summed E-state index contributed by atoms with van der Waals surface area (Å²) < 4.78 is 24.2. The highest BCUT2D eigenvalue weighted by Gasteiger charge is 2.31. The fourth-order valence-electron chi connectivity index (χ4n) is 4.03. The Labute approximate surface area is 180 Å². The van der Waals surface area contributed by atoms with Crippen molar-refractivity contribution in [2.45, 2.75) is 31.9 Å². The van der Waals surface area contributed by atoms with Gasteiger partial charge in [0.2, 0.25) is 0 Å². The molecule has 4 rings (SSSR count). The zero-order chi connectivity index (χ0) is 21.6. The Kier molecular flexibility index (Phi) is 6.57. The number of carbonyl (C=O) groups is 1. The van der Waals surface area contributed by atoms with E-state index in [1.165, 1.54) is 16.9 Å². The van der Waals surface area contributed by atoms with Crippen LogP contribution in [0, 0.1) is 11.7 Å². The largest absolute Gasteiger partial charge is 0.493 e. The Morgan fingerprint density at radius 3 is 2.68 bits per heavy atom. The van der Waals surface area contributed by atoms with E-state index in [0.717, 1.165) is 24.8 Å². The highest BCUT2D eigenvalue weighted by atomic mass is 19.1. The number of hydrogen-bond donors (Lipinski definition) is 1. The first kappa shape index (κ1) is 21.0. The molecule has 1 aromatic heterocycles. The Morgan fingerprint density at radius 2 is 1.94 bits per heavy atom. The van der Waals surface area contributed by atoms with Crippen LogP contribution in [0.5, 0.6) is 5.75 Å². The molecular weight excluding hydrogens is 399 g/mol. The van der Waals surface area contributed by atoms with Crippen molar-refractivity contribution in [3.05, 3.63) is 71.8 Å². The standard InChI is InChI=1S/C23H25FN4O3/c1-30-14-17-5-3-7-21(28-25-12-13-26-28)22(17)23(29)27-20-6-2-4-16(20)15-31-19-10-8-18(24)9-11-19/h3,5,7-13,16,20H,2,4,6,14-15H2,1H3,(H,27,29)/t16-,20+/m1/s1. The number of benzene rings is 2. The van der Waals surface area contributed by atoms with Crippen LogP contribution >= 0.6 is 0 Å². The molecule has 2 aromatic carbocycles. The maximum atomic E-state index is 13.4. The van der Waals surface area contributed by atoms with Crippen molar-refractivity contribution < 1.29 is 18.7 Å². The molecule has 1 saturated carbocycles. The first-order valence-electron chi connectivity index (χ1n) is 10.3. The Morgan fingerprint density at radius 1 is 1.16 bits per heavy atom. The lowest BCUT2D eigenvalue weighted by atomic mass is 10.0. The Bertz CT molecular complexity index is 1010. The predicted molar refractivity (Wildman–Crippen MR) is 113 cm³/mol. The number of nitrogens with one attached hydrogen (secondary N) is 1. The van der Waals surface area contributed by atoms with Crippen molar-refractivity contribution in [3.63, 3.8) is 0 Å². The molecule has 1 N–H and O–H groups in total. The fraction of sp³-hybridized carbons (Fsp3) is 0.348. The average Bonchev–Trinajstić information content (AvgIpc) is 3.46. The minimum absolute atomic E-state index is 0.0121. The molecule has 31 heavy (non-hydrogen) atoms. The van der Waals surface area contributed by atoms with Crippen molar-refractivity contribution >= 4 is 5.91 Å². The molecule has 3 aromatic rings. The molecule has 0 aliphatic heterocycles. The number of ether oxygens (including phenoxy) is 2. The summed E-state index contributed by atoms with van der Waals surface area (Å²) in [6.45, 7) is 0.767. The average molecular weight is 424 g/mol. The molecule has 1 heterocycles. The monoisotopic (exact) mass is 424 g/mol. The second-order valence-corrected chi connectivity index (χ2v) is 7.60. The van der Waals surface area contributed by atoms with Gasteiger partial charge in [-0.3, -0.25) is 4.79 Å². The maximum absolute atomic E-state index is 13.4. The minimum atomic E-state index is -0.296. The molecule has 1 aliphatic rings. The molecule has 162 valence electrons. The van der Waals surface area contributed by atoms with Crippen LogP contribution in [0.3, 0.4) is 0 Å². The molecule has 0 radical (unpaired) electrons. The van der Waals surface area contributed by atoms with E-state index >= 15 is 0 Å². The summed E-state index contributed by atoms with van der Waals surface area (Å²) in [5.74, 6) is 0.319. The number of aromatic nitrogens is 3. The summed E-state index contributed by atoms with van der Waals surface area (Å²) in [5.41, 5.74) is 1.88. The van der Waals surface area contributed by atoms with Crippen LogP contribution in [0.1, 0.15) is 35.2 Å². The zero-order valence-electron chi connectivity index (χ0n) is 17.3. The molecule has 0 bridgehead atoms. The van der Waals surface area contributed by atoms with Gasteiger partial charge in [0.1, 0.15) is 11.6 Å². The van der Waals surface area contributed by atoms with Gasteiger partial charge >= 0.3 is 0 Å². The van der Waals surface area contributed by atoms with Gasteiger partial charge in [-0.1, -0.05) is 18.6 Å². The molecule has 1 fully saturated rings. The summed E-state index contributed by atoms with van der Waals surface area (Å²) >= 11 is 0. The number of hydrogen-bond acceptors (Lipinski definition) is 5. The van der Waals surface area contributed by atoms with Crippen molar-refractivity contribution in [3.8, 4) is 11.4 Å². The second kappa shape index (κ2) is 9.70. The van der Waals surface area contributed by atoms with E-state index < -0.39 is 0 Å². The molecule has 7 nitrogen and oxygen atoms in total. The van der Waals surface area contributed by atoms with Gasteiger partial charge in [-0.05, 0) is 48.7 Å². The van der Waals surface area contributed by atoms with Gasteiger partial charge in [-0.15, -0.1) is 0 Å². The molecule has 8 heteroatoms. The van der Waals surface area contributed by atoms with E-state index in [0.29, 0.717) is 30.2 Å². The van der Waals surface area contributed by atoms with Crippen LogP contribution in [0.4, 0.5) is 4.39 Å². The smallest absolute Gasteiger partial charge is 0.254 e. The Balaban J connectivity index is 1.50. The van der Waals surface area contributed by atoms with Crippen molar-refractivity contribution in [1.29, 1.82) is 0 Å². The van der Waals surface area contributed by atoms with E-state index in [9.17, 15) is 9.18 Å². The van der Waals surface area contributed by atoms with E-state index in [1.807, 2.05) is 18.2 Å². The van der Waals surface area contributed by atoms with Crippen molar-refractivity contribution in [1.82, 2.24) is 20.3 Å². The summed E-state index contributed by atoms with van der Waals surface area (Å²) in [6.07, 6.45) is 6.00. The van der Waals surface area contributed by atoms with Crippen molar-refractivity contribution in [2.24, 2.45) is 5.92 Å². The molecule has 1 amide bonds. The maximum Gasteiger partial charge on any atom is 0.254 e. The molecule has 0 saturated heterocycles. The number of nitrogens with zero attached hydrogens (tertiary/aromatic N) is 3. The highest BCUT2D eigenvalue weighted by Crippen LogP contribution is 2.28. The van der Waals surface area contributed by atoms with Gasteiger partial charge < -0.3 is 14.8 Å². The van der Waals surface area contributed by atoms with Gasteiger partial charge in [0.15, 0.2) is 0 Å². The Hall–Kier alpha value is -3.26. The molecule has 2 atom stereocenters. The van der Waals surface area contributed by atoms with Gasteiger partial charge in [0.05, 0.1) is 36.9 Å². The van der Waals surface area contributed by atoms with E-state index in [1.54, 1.807) is 31.6 Å². The summed E-state index contributed by atoms with van der Waals surface area (Å²) in [4.78, 5) is 14.8. The molecule has 0 spiro atoms. The van der Waals surface area contributed by atoms with Crippen LogP contribution < -0.4 is 10.1 Å². The quantitative estimate of drug-likeness (QED) is 0.599. The molecule has 1 aliphatic carbocycles. The number of amides is 1. The lowest BCUT2D eigenvalue weighted by Crippen LogP contribution is -2.40.